The number of rotatable bonds is 7. The maximum atomic E-state index is 11.0. The zero-order valence-electron chi connectivity index (χ0n) is 10.5. The molecule has 4 nitrogen and oxygen atoms in total. The fourth-order valence-electron chi connectivity index (χ4n) is 2.29. The monoisotopic (exact) mass is 227 g/mol. The highest BCUT2D eigenvalue weighted by atomic mass is 16.1. The molecule has 4 heteroatoms. The fraction of sp³-hybridized carbons (Fsp3) is 0.917. The van der Waals surface area contributed by atoms with E-state index in [1.165, 1.54) is 19.3 Å². The van der Waals surface area contributed by atoms with Gasteiger partial charge in [-0.15, -0.1) is 0 Å². The number of unbranched alkanes of at least 4 members (excludes halogenated alkanes) is 2. The van der Waals surface area contributed by atoms with Gasteiger partial charge in [0.1, 0.15) is 0 Å². The summed E-state index contributed by atoms with van der Waals surface area (Å²) in [4.78, 5) is 13.3. The molecule has 0 aromatic rings. The third kappa shape index (κ3) is 4.49. The highest BCUT2D eigenvalue weighted by Gasteiger charge is 2.27. The van der Waals surface area contributed by atoms with Crippen LogP contribution in [0.2, 0.25) is 0 Å². The number of amides is 1. The van der Waals surface area contributed by atoms with Crippen molar-refractivity contribution < 1.29 is 4.79 Å². The van der Waals surface area contributed by atoms with Gasteiger partial charge < -0.3 is 16.0 Å². The van der Waals surface area contributed by atoms with E-state index >= 15 is 0 Å². The molecule has 1 aliphatic rings. The molecule has 3 N–H and O–H groups in total. The number of nitrogens with two attached hydrogens (primary N) is 1. The van der Waals surface area contributed by atoms with Crippen LogP contribution in [0.4, 0.5) is 0 Å². The Hall–Kier alpha value is -0.610. The van der Waals surface area contributed by atoms with Gasteiger partial charge in [-0.1, -0.05) is 19.8 Å². The molecule has 0 aromatic heterocycles. The summed E-state index contributed by atoms with van der Waals surface area (Å²) < 4.78 is 0. The Morgan fingerprint density at radius 2 is 2.19 bits per heavy atom. The van der Waals surface area contributed by atoms with Crippen molar-refractivity contribution in [2.75, 3.05) is 20.1 Å². The molecule has 0 saturated carbocycles. The van der Waals surface area contributed by atoms with E-state index in [9.17, 15) is 4.79 Å². The van der Waals surface area contributed by atoms with E-state index in [2.05, 4.69) is 24.2 Å². The quantitative estimate of drug-likeness (QED) is 0.630. The maximum Gasteiger partial charge on any atom is 0.234 e. The van der Waals surface area contributed by atoms with Gasteiger partial charge in [0, 0.05) is 12.6 Å². The minimum Gasteiger partial charge on any atom is -0.368 e. The number of carbonyl (C=O) groups excluding carboxylic acids is 1. The molecule has 2 unspecified atom stereocenters. The minimum absolute atomic E-state index is 0.103. The van der Waals surface area contributed by atoms with Gasteiger partial charge in [0.2, 0.25) is 5.91 Å². The Kier molecular flexibility index (Phi) is 5.77. The number of nitrogens with zero attached hydrogens (tertiary/aromatic N) is 1. The molecule has 0 aromatic carbocycles. The number of carbonyl (C=O) groups is 1. The second-order valence-corrected chi connectivity index (χ2v) is 4.87. The lowest BCUT2D eigenvalue weighted by atomic mass is 10.2. The molecule has 2 atom stereocenters. The van der Waals surface area contributed by atoms with E-state index in [4.69, 9.17) is 5.73 Å². The zero-order valence-corrected chi connectivity index (χ0v) is 10.5. The van der Waals surface area contributed by atoms with Gasteiger partial charge in [-0.25, -0.2) is 0 Å². The molecule has 1 amide bonds. The van der Waals surface area contributed by atoms with Crippen LogP contribution in [-0.2, 0) is 4.79 Å². The molecule has 1 fully saturated rings. The third-order valence-electron chi connectivity index (χ3n) is 3.26. The molecule has 0 aliphatic carbocycles. The van der Waals surface area contributed by atoms with Crippen molar-refractivity contribution in [3.05, 3.63) is 0 Å². The van der Waals surface area contributed by atoms with E-state index in [1.54, 1.807) is 0 Å². The normalized spacial score (nSPS) is 25.2. The van der Waals surface area contributed by atoms with Crippen LogP contribution >= 0.6 is 0 Å². The first-order valence-corrected chi connectivity index (χ1v) is 6.37. The van der Waals surface area contributed by atoms with Gasteiger partial charge >= 0.3 is 0 Å². The van der Waals surface area contributed by atoms with Crippen LogP contribution in [0.25, 0.3) is 0 Å². The molecular weight excluding hydrogens is 202 g/mol. The highest BCUT2D eigenvalue weighted by molar-refractivity contribution is 5.80. The van der Waals surface area contributed by atoms with Gasteiger partial charge in [-0.2, -0.15) is 0 Å². The number of nitrogens with one attached hydrogen (secondary N) is 1. The maximum absolute atomic E-state index is 11.0. The number of hydrogen-bond donors (Lipinski definition) is 2. The first-order valence-electron chi connectivity index (χ1n) is 6.37. The summed E-state index contributed by atoms with van der Waals surface area (Å²) in [6, 6.07) is 0.332. The summed E-state index contributed by atoms with van der Waals surface area (Å²) in [5.74, 6) is -0.212. The summed E-state index contributed by atoms with van der Waals surface area (Å²) in [7, 11) is 2.15. The molecular formula is C12H25N3O. The van der Waals surface area contributed by atoms with Crippen LogP contribution < -0.4 is 11.1 Å². The van der Waals surface area contributed by atoms with Crippen LogP contribution in [0.1, 0.15) is 39.0 Å². The summed E-state index contributed by atoms with van der Waals surface area (Å²) in [5, 5.41) is 3.30. The Morgan fingerprint density at radius 3 is 2.75 bits per heavy atom. The molecule has 0 radical (unpaired) electrons. The molecule has 1 rings (SSSR count). The van der Waals surface area contributed by atoms with Crippen molar-refractivity contribution >= 4 is 5.91 Å². The van der Waals surface area contributed by atoms with Crippen LogP contribution in [-0.4, -0.2) is 43.0 Å². The van der Waals surface area contributed by atoms with E-state index in [1.807, 2.05) is 0 Å². The Bertz CT molecular complexity index is 220. The van der Waals surface area contributed by atoms with E-state index in [-0.39, 0.29) is 11.9 Å². The highest BCUT2D eigenvalue weighted by Crippen LogP contribution is 2.13. The minimum atomic E-state index is -0.212. The van der Waals surface area contributed by atoms with Crippen LogP contribution in [0.15, 0.2) is 0 Å². The Balaban J connectivity index is 2.15. The Morgan fingerprint density at radius 1 is 1.44 bits per heavy atom. The molecule has 1 aliphatic heterocycles. The predicted octanol–water partition coefficient (Wildman–Crippen LogP) is 0.714. The second-order valence-electron chi connectivity index (χ2n) is 4.87. The van der Waals surface area contributed by atoms with Gasteiger partial charge in [0.15, 0.2) is 0 Å². The predicted molar refractivity (Wildman–Crippen MR) is 66.2 cm³/mol. The van der Waals surface area contributed by atoms with Crippen molar-refractivity contribution in [3.63, 3.8) is 0 Å². The van der Waals surface area contributed by atoms with Crippen molar-refractivity contribution in [2.24, 2.45) is 5.73 Å². The van der Waals surface area contributed by atoms with Gasteiger partial charge in [-0.05, 0) is 32.9 Å². The molecule has 1 saturated heterocycles. The van der Waals surface area contributed by atoms with Gasteiger partial charge in [-0.3, -0.25) is 4.79 Å². The second kappa shape index (κ2) is 6.86. The molecule has 0 spiro atoms. The van der Waals surface area contributed by atoms with E-state index in [0.29, 0.717) is 6.04 Å². The first-order chi connectivity index (χ1) is 7.63. The average Bonchev–Trinajstić information content (AvgIpc) is 2.66. The summed E-state index contributed by atoms with van der Waals surface area (Å²) >= 11 is 0. The van der Waals surface area contributed by atoms with Crippen molar-refractivity contribution in [2.45, 2.75) is 51.1 Å². The Labute approximate surface area is 98.6 Å². The topological polar surface area (TPSA) is 58.4 Å². The third-order valence-corrected chi connectivity index (χ3v) is 3.26. The van der Waals surface area contributed by atoms with Crippen molar-refractivity contribution in [1.29, 1.82) is 0 Å². The van der Waals surface area contributed by atoms with Crippen LogP contribution in [0.5, 0.6) is 0 Å². The summed E-state index contributed by atoms with van der Waals surface area (Å²) in [6.07, 6.45) is 5.78. The van der Waals surface area contributed by atoms with Gasteiger partial charge in [0.25, 0.3) is 0 Å². The number of likely N-dealkylation sites (N-methyl/N-ethyl adjacent to an activating group) is 1. The molecule has 0 bridgehead atoms. The summed E-state index contributed by atoms with van der Waals surface area (Å²) in [6.45, 7) is 4.39. The van der Waals surface area contributed by atoms with Gasteiger partial charge in [0.05, 0.1) is 6.04 Å². The largest absolute Gasteiger partial charge is 0.368 e. The lowest BCUT2D eigenvalue weighted by Gasteiger charge is -2.21. The number of primary amides is 1. The summed E-state index contributed by atoms with van der Waals surface area (Å²) in [5.41, 5.74) is 5.27. The fourth-order valence-corrected chi connectivity index (χ4v) is 2.29. The average molecular weight is 227 g/mol. The van der Waals surface area contributed by atoms with Crippen LogP contribution in [0, 0.1) is 0 Å². The van der Waals surface area contributed by atoms with E-state index < -0.39 is 0 Å². The zero-order chi connectivity index (χ0) is 12.0. The molecule has 1 heterocycles. The van der Waals surface area contributed by atoms with Crippen molar-refractivity contribution in [3.8, 4) is 0 Å². The number of hydrogen-bond acceptors (Lipinski definition) is 3. The molecule has 94 valence electrons. The first kappa shape index (κ1) is 13.5. The standard InChI is InChI=1S/C12H25N3O/c1-3-4-5-8-15(2)9-10-6-7-11(14-10)12(13)16/h10-11,14H,3-9H2,1-2H3,(H2,13,16). The molecule has 16 heavy (non-hydrogen) atoms. The lowest BCUT2D eigenvalue weighted by Crippen LogP contribution is -2.43. The smallest absolute Gasteiger partial charge is 0.234 e. The SMILES string of the molecule is CCCCCN(C)CC1CCC(C(N)=O)N1. The van der Waals surface area contributed by atoms with E-state index in [0.717, 1.165) is 25.9 Å². The van der Waals surface area contributed by atoms with Crippen LogP contribution in [0.3, 0.4) is 0 Å². The lowest BCUT2D eigenvalue weighted by molar-refractivity contribution is -0.119. The van der Waals surface area contributed by atoms with Crippen molar-refractivity contribution in [1.82, 2.24) is 10.2 Å².